The van der Waals surface area contributed by atoms with Gasteiger partial charge in [-0.15, -0.1) is 0 Å². The second-order valence-electron chi connectivity index (χ2n) is 8.78. The highest BCUT2D eigenvalue weighted by atomic mass is 16.5. The number of rotatable bonds is 4. The van der Waals surface area contributed by atoms with E-state index in [0.29, 0.717) is 11.1 Å². The van der Waals surface area contributed by atoms with Crippen LogP contribution in [0.2, 0.25) is 0 Å². The van der Waals surface area contributed by atoms with Crippen molar-refractivity contribution in [3.63, 3.8) is 0 Å². The molecule has 0 radical (unpaired) electrons. The van der Waals surface area contributed by atoms with Crippen LogP contribution in [-0.4, -0.2) is 20.4 Å². The first-order valence-corrected chi connectivity index (χ1v) is 11.6. The van der Waals surface area contributed by atoms with Gasteiger partial charge in [-0.2, -0.15) is 0 Å². The monoisotopic (exact) mass is 522 g/mol. The van der Waals surface area contributed by atoms with Crippen LogP contribution >= 0.6 is 0 Å². The molecule has 4 N–H and O–H groups in total. The fourth-order valence-corrected chi connectivity index (χ4v) is 4.29. The maximum absolute atomic E-state index is 13.2. The number of phenols is 4. The van der Waals surface area contributed by atoms with Crippen LogP contribution in [0.1, 0.15) is 0 Å². The number of fused-ring (bicyclic) bond motifs is 2. The first-order valence-electron chi connectivity index (χ1n) is 11.6. The van der Waals surface area contributed by atoms with Crippen LogP contribution in [0.15, 0.2) is 103 Å². The van der Waals surface area contributed by atoms with Gasteiger partial charge in [0.05, 0.1) is 0 Å². The van der Waals surface area contributed by atoms with Gasteiger partial charge in [-0.1, -0.05) is 0 Å². The van der Waals surface area contributed by atoms with Crippen LogP contribution in [0.3, 0.4) is 0 Å². The summed E-state index contributed by atoms with van der Waals surface area (Å²) in [4.78, 5) is 26.3. The molecule has 192 valence electrons. The second kappa shape index (κ2) is 9.00. The second-order valence-corrected chi connectivity index (χ2v) is 8.78. The minimum atomic E-state index is -0.486. The summed E-state index contributed by atoms with van der Waals surface area (Å²) < 4.78 is 17.7. The van der Waals surface area contributed by atoms with Crippen molar-refractivity contribution in [3.8, 4) is 57.1 Å². The topological polar surface area (TPSA) is 151 Å². The molecule has 0 saturated carbocycles. The molecule has 0 unspecified atom stereocenters. The normalized spacial score (nSPS) is 11.2. The van der Waals surface area contributed by atoms with Crippen molar-refractivity contribution in [1.29, 1.82) is 0 Å². The maximum Gasteiger partial charge on any atom is 0.197 e. The summed E-state index contributed by atoms with van der Waals surface area (Å²) in [6.07, 6.45) is 0. The summed E-state index contributed by atoms with van der Waals surface area (Å²) in [5, 5.41) is 39.8. The largest absolute Gasteiger partial charge is 0.508 e. The Balaban J connectivity index is 1.49. The predicted octanol–water partition coefficient (Wildman–Crippen LogP) is 5.85. The van der Waals surface area contributed by atoms with E-state index in [1.54, 1.807) is 24.3 Å². The zero-order valence-electron chi connectivity index (χ0n) is 19.9. The van der Waals surface area contributed by atoms with Gasteiger partial charge in [-0.3, -0.25) is 9.59 Å². The van der Waals surface area contributed by atoms with Gasteiger partial charge in [0.15, 0.2) is 10.9 Å². The lowest BCUT2D eigenvalue weighted by atomic mass is 10.1. The number of phenolic OH excluding ortho intramolecular Hbond substituents is 4. The van der Waals surface area contributed by atoms with Crippen molar-refractivity contribution >= 4 is 21.9 Å². The minimum Gasteiger partial charge on any atom is -0.508 e. The Morgan fingerprint density at radius 3 is 1.26 bits per heavy atom. The number of benzene rings is 4. The number of hydrogen-bond donors (Lipinski definition) is 4. The number of hydrogen-bond acceptors (Lipinski definition) is 9. The van der Waals surface area contributed by atoms with E-state index in [2.05, 4.69) is 0 Å². The van der Waals surface area contributed by atoms with Gasteiger partial charge in [0.1, 0.15) is 68.0 Å². The zero-order valence-corrected chi connectivity index (χ0v) is 19.9. The Morgan fingerprint density at radius 2 is 0.872 bits per heavy atom. The lowest BCUT2D eigenvalue weighted by molar-refractivity contribution is 0.449. The van der Waals surface area contributed by atoms with Crippen LogP contribution in [0.5, 0.6) is 34.5 Å². The van der Waals surface area contributed by atoms with Crippen molar-refractivity contribution in [2.75, 3.05) is 0 Å². The molecule has 0 saturated heterocycles. The smallest absolute Gasteiger partial charge is 0.197 e. The molecule has 9 heteroatoms. The van der Waals surface area contributed by atoms with Crippen LogP contribution in [0.25, 0.3) is 44.6 Å². The Bertz CT molecular complexity index is 1850. The molecule has 0 amide bonds. The Labute approximate surface area is 218 Å². The predicted molar refractivity (Wildman–Crippen MR) is 143 cm³/mol. The molecule has 4 aromatic carbocycles. The average molecular weight is 522 g/mol. The van der Waals surface area contributed by atoms with E-state index in [-0.39, 0.29) is 68.0 Å². The lowest BCUT2D eigenvalue weighted by Crippen LogP contribution is -2.05. The third kappa shape index (κ3) is 4.38. The quantitative estimate of drug-likeness (QED) is 0.224. The van der Waals surface area contributed by atoms with Crippen LogP contribution < -0.4 is 15.6 Å². The summed E-state index contributed by atoms with van der Waals surface area (Å²) in [6.45, 7) is 0. The third-order valence-corrected chi connectivity index (χ3v) is 6.08. The van der Waals surface area contributed by atoms with Crippen molar-refractivity contribution in [1.82, 2.24) is 0 Å². The molecule has 0 aliphatic rings. The fourth-order valence-electron chi connectivity index (χ4n) is 4.29. The first-order chi connectivity index (χ1) is 18.7. The molecular weight excluding hydrogens is 504 g/mol. The third-order valence-electron chi connectivity index (χ3n) is 6.08. The molecule has 0 aliphatic heterocycles. The van der Waals surface area contributed by atoms with E-state index in [1.807, 2.05) is 0 Å². The molecule has 0 aliphatic carbocycles. The highest BCUT2D eigenvalue weighted by Gasteiger charge is 2.19. The fraction of sp³-hybridized carbons (Fsp3) is 0. The molecule has 0 atom stereocenters. The van der Waals surface area contributed by atoms with E-state index < -0.39 is 10.9 Å². The Kier molecular flexibility index (Phi) is 5.46. The standard InChI is InChI=1S/C30H18O9/c31-17-5-1-15(2-6-17)23-13-21(35)29-25(37-23)9-19(33)11-27(29)39-28-12-20(34)10-26-30(28)22(36)14-24(38-26)16-3-7-18(32)8-4-16/h1-14,31-34H. The van der Waals surface area contributed by atoms with Gasteiger partial charge in [0.25, 0.3) is 0 Å². The van der Waals surface area contributed by atoms with E-state index in [9.17, 15) is 30.0 Å². The van der Waals surface area contributed by atoms with Gasteiger partial charge < -0.3 is 34.0 Å². The number of ether oxygens (including phenoxy) is 1. The van der Waals surface area contributed by atoms with Crippen molar-refractivity contribution in [2.24, 2.45) is 0 Å². The van der Waals surface area contributed by atoms with Crippen molar-refractivity contribution in [2.45, 2.75) is 0 Å². The Morgan fingerprint density at radius 1 is 0.487 bits per heavy atom. The van der Waals surface area contributed by atoms with Gasteiger partial charge >= 0.3 is 0 Å². The van der Waals surface area contributed by atoms with Gasteiger partial charge in [0.2, 0.25) is 0 Å². The zero-order chi connectivity index (χ0) is 27.3. The highest BCUT2D eigenvalue weighted by molar-refractivity contribution is 5.90. The van der Waals surface area contributed by atoms with Gasteiger partial charge in [0, 0.05) is 47.5 Å². The summed E-state index contributed by atoms with van der Waals surface area (Å²) in [7, 11) is 0. The van der Waals surface area contributed by atoms with Crippen LogP contribution in [-0.2, 0) is 0 Å². The minimum absolute atomic E-state index is 0.00285. The van der Waals surface area contributed by atoms with Gasteiger partial charge in [-0.05, 0) is 48.5 Å². The lowest BCUT2D eigenvalue weighted by Gasteiger charge is -2.12. The van der Waals surface area contributed by atoms with Gasteiger partial charge in [-0.25, -0.2) is 0 Å². The summed E-state index contributed by atoms with van der Waals surface area (Å²) in [5.74, 6) is -0.246. The van der Waals surface area contributed by atoms with E-state index in [4.69, 9.17) is 13.6 Å². The van der Waals surface area contributed by atoms with Crippen molar-refractivity contribution in [3.05, 3.63) is 105 Å². The summed E-state index contributed by atoms with van der Waals surface area (Å²) >= 11 is 0. The molecule has 2 aromatic heterocycles. The average Bonchev–Trinajstić information content (AvgIpc) is 2.88. The van der Waals surface area contributed by atoms with Crippen LogP contribution in [0.4, 0.5) is 0 Å². The van der Waals surface area contributed by atoms with E-state index in [1.165, 1.54) is 60.7 Å². The molecule has 6 rings (SSSR count). The van der Waals surface area contributed by atoms with E-state index in [0.717, 1.165) is 0 Å². The molecule has 2 heterocycles. The SMILES string of the molecule is O=c1cc(-c2ccc(O)cc2)oc2cc(O)cc(Oc3cc(O)cc4oc(-c5ccc(O)cc5)cc(=O)c34)c12. The Hall–Kier alpha value is -5.70. The number of aromatic hydroxyl groups is 4. The molecule has 0 fully saturated rings. The molecule has 0 bridgehead atoms. The molecule has 39 heavy (non-hydrogen) atoms. The molecule has 9 nitrogen and oxygen atoms in total. The molecular formula is C30H18O9. The van der Waals surface area contributed by atoms with Crippen LogP contribution in [0, 0.1) is 0 Å². The molecule has 0 spiro atoms. The first kappa shape index (κ1) is 23.7. The molecule has 6 aromatic rings. The summed E-state index contributed by atoms with van der Waals surface area (Å²) in [5.41, 5.74) is 0.122. The van der Waals surface area contributed by atoms with Crippen molar-refractivity contribution < 1.29 is 34.0 Å². The highest BCUT2D eigenvalue weighted by Crippen LogP contribution is 2.38. The summed E-state index contributed by atoms with van der Waals surface area (Å²) in [6, 6.07) is 19.5. The maximum atomic E-state index is 13.2. The van der Waals surface area contributed by atoms with E-state index >= 15 is 0 Å².